The number of fused-ring (bicyclic) bond motifs is 1. The molecule has 1 aliphatic heterocycles. The van der Waals surface area contributed by atoms with E-state index in [2.05, 4.69) is 11.4 Å². The monoisotopic (exact) mass is 321 g/mol. The molecule has 1 aliphatic rings. The third-order valence-electron chi connectivity index (χ3n) is 3.30. The Bertz CT molecular complexity index is 766. The van der Waals surface area contributed by atoms with Crippen molar-refractivity contribution in [3.8, 4) is 0 Å². The van der Waals surface area contributed by atoms with Crippen LogP contribution in [0, 0.1) is 12.7 Å². The molecule has 3 N–H and O–H groups in total. The highest BCUT2D eigenvalue weighted by Crippen LogP contribution is 2.31. The second kappa shape index (κ2) is 7.06. The Morgan fingerprint density at radius 3 is 2.48 bits per heavy atom. The van der Waals surface area contributed by atoms with Crippen molar-refractivity contribution in [3.05, 3.63) is 41.4 Å². The fourth-order valence-corrected chi connectivity index (χ4v) is 2.35. The Hall–Kier alpha value is -2.67. The number of carboxylic acids is 2. The van der Waals surface area contributed by atoms with Gasteiger partial charge in [-0.25, -0.2) is 14.0 Å². The summed E-state index contributed by atoms with van der Waals surface area (Å²) in [5, 5.41) is 18.9. The number of furan rings is 1. The van der Waals surface area contributed by atoms with E-state index in [-0.39, 0.29) is 5.82 Å². The molecule has 0 amide bonds. The van der Waals surface area contributed by atoms with Crippen LogP contribution in [-0.2, 0) is 9.59 Å². The molecule has 7 heteroatoms. The van der Waals surface area contributed by atoms with Crippen molar-refractivity contribution in [2.45, 2.75) is 13.3 Å². The van der Waals surface area contributed by atoms with E-state index in [4.69, 9.17) is 24.2 Å². The molecule has 0 radical (unpaired) electrons. The summed E-state index contributed by atoms with van der Waals surface area (Å²) in [5.41, 5.74) is 2.87. The molecular weight excluding hydrogens is 305 g/mol. The average Bonchev–Trinajstić information content (AvgIpc) is 2.87. The number of carboxylic acid groups (broad SMARTS) is 2. The van der Waals surface area contributed by atoms with Crippen LogP contribution >= 0.6 is 0 Å². The van der Waals surface area contributed by atoms with Crippen molar-refractivity contribution in [3.63, 3.8) is 0 Å². The number of rotatable bonds is 1. The highest BCUT2D eigenvalue weighted by molar-refractivity contribution is 6.27. The maximum atomic E-state index is 13.6. The first-order chi connectivity index (χ1) is 10.9. The van der Waals surface area contributed by atoms with Crippen molar-refractivity contribution >= 4 is 28.5 Å². The second-order valence-corrected chi connectivity index (χ2v) is 5.02. The van der Waals surface area contributed by atoms with Crippen LogP contribution in [0.15, 0.2) is 28.7 Å². The lowest BCUT2D eigenvalue weighted by atomic mass is 9.98. The molecule has 0 unspecified atom stereocenters. The van der Waals surface area contributed by atoms with Crippen LogP contribution in [0.1, 0.15) is 17.7 Å². The maximum Gasteiger partial charge on any atom is 0.414 e. The Labute approximate surface area is 131 Å². The summed E-state index contributed by atoms with van der Waals surface area (Å²) < 4.78 is 19.3. The quantitative estimate of drug-likeness (QED) is 0.698. The molecule has 2 heterocycles. The molecule has 0 saturated heterocycles. The highest BCUT2D eigenvalue weighted by Gasteiger charge is 2.14. The zero-order valence-electron chi connectivity index (χ0n) is 12.4. The third-order valence-corrected chi connectivity index (χ3v) is 3.30. The molecule has 0 aliphatic carbocycles. The summed E-state index contributed by atoms with van der Waals surface area (Å²) in [6.07, 6.45) is 3.02. The van der Waals surface area contributed by atoms with Crippen LogP contribution in [0.4, 0.5) is 4.39 Å². The van der Waals surface area contributed by atoms with Gasteiger partial charge in [-0.05, 0) is 43.7 Å². The molecule has 23 heavy (non-hydrogen) atoms. The number of aryl methyl sites for hydroxylation is 1. The summed E-state index contributed by atoms with van der Waals surface area (Å²) in [6, 6.07) is 4.98. The topological polar surface area (TPSA) is 99.8 Å². The first kappa shape index (κ1) is 16.7. The second-order valence-electron chi connectivity index (χ2n) is 5.02. The largest absolute Gasteiger partial charge is 0.473 e. The minimum atomic E-state index is -1.82. The van der Waals surface area contributed by atoms with Crippen molar-refractivity contribution in [1.82, 2.24) is 5.32 Å². The third kappa shape index (κ3) is 4.17. The fourth-order valence-electron chi connectivity index (χ4n) is 2.35. The minimum Gasteiger partial charge on any atom is -0.473 e. The van der Waals surface area contributed by atoms with Crippen LogP contribution in [0.3, 0.4) is 0 Å². The van der Waals surface area contributed by atoms with Gasteiger partial charge in [-0.2, -0.15) is 0 Å². The van der Waals surface area contributed by atoms with Gasteiger partial charge in [0.1, 0.15) is 17.2 Å². The lowest BCUT2D eigenvalue weighted by Crippen LogP contribution is -2.20. The average molecular weight is 321 g/mol. The molecule has 1 aromatic carbocycles. The first-order valence-electron chi connectivity index (χ1n) is 6.94. The maximum absolute atomic E-state index is 13.6. The normalized spacial score (nSPS) is 13.9. The van der Waals surface area contributed by atoms with Gasteiger partial charge >= 0.3 is 11.9 Å². The molecule has 122 valence electrons. The van der Waals surface area contributed by atoms with E-state index < -0.39 is 11.9 Å². The van der Waals surface area contributed by atoms with Crippen LogP contribution in [0.25, 0.3) is 16.5 Å². The van der Waals surface area contributed by atoms with Crippen molar-refractivity contribution in [2.75, 3.05) is 13.1 Å². The van der Waals surface area contributed by atoms with Crippen molar-refractivity contribution in [2.24, 2.45) is 0 Å². The zero-order chi connectivity index (χ0) is 17.0. The van der Waals surface area contributed by atoms with E-state index in [0.29, 0.717) is 0 Å². The lowest BCUT2D eigenvalue weighted by Gasteiger charge is -2.14. The van der Waals surface area contributed by atoms with E-state index in [1.54, 1.807) is 6.07 Å². The molecule has 0 atom stereocenters. The summed E-state index contributed by atoms with van der Waals surface area (Å²) in [7, 11) is 0. The number of nitrogens with one attached hydrogen (secondary N) is 1. The molecule has 3 rings (SSSR count). The molecule has 0 fully saturated rings. The number of benzene rings is 1. The Morgan fingerprint density at radius 1 is 1.22 bits per heavy atom. The highest BCUT2D eigenvalue weighted by atomic mass is 19.1. The molecule has 0 bridgehead atoms. The van der Waals surface area contributed by atoms with E-state index in [0.717, 1.165) is 41.8 Å². The van der Waals surface area contributed by atoms with Gasteiger partial charge in [-0.1, -0.05) is 6.08 Å². The molecule has 1 aromatic heterocycles. The van der Waals surface area contributed by atoms with Gasteiger partial charge < -0.3 is 19.9 Å². The van der Waals surface area contributed by atoms with E-state index >= 15 is 0 Å². The Balaban J connectivity index is 0.000000277. The van der Waals surface area contributed by atoms with Gasteiger partial charge in [0.25, 0.3) is 0 Å². The van der Waals surface area contributed by atoms with Crippen LogP contribution < -0.4 is 5.32 Å². The standard InChI is InChI=1S/C14H14FNO.C2H2O4/c1-9-6-11-7-12(15)8-13(14(11)17-9)10-2-4-16-5-3-10;3-1(4)2(5)6/h2,6-8,16H,3-5H2,1H3;(H,3,4)(H,5,6). The Morgan fingerprint density at radius 2 is 1.91 bits per heavy atom. The van der Waals surface area contributed by atoms with E-state index in [1.165, 1.54) is 11.6 Å². The van der Waals surface area contributed by atoms with E-state index in [9.17, 15) is 4.39 Å². The first-order valence-corrected chi connectivity index (χ1v) is 6.94. The number of hydrogen-bond acceptors (Lipinski definition) is 4. The van der Waals surface area contributed by atoms with E-state index in [1.807, 2.05) is 13.0 Å². The summed E-state index contributed by atoms with van der Waals surface area (Å²) in [5.74, 6) is -3.03. The van der Waals surface area contributed by atoms with Crippen LogP contribution in [0.5, 0.6) is 0 Å². The van der Waals surface area contributed by atoms with Gasteiger partial charge in [0, 0.05) is 17.5 Å². The lowest BCUT2D eigenvalue weighted by molar-refractivity contribution is -0.159. The molecule has 0 spiro atoms. The van der Waals surface area contributed by atoms with Crippen molar-refractivity contribution in [1.29, 1.82) is 0 Å². The zero-order valence-corrected chi connectivity index (χ0v) is 12.4. The van der Waals surface area contributed by atoms with Crippen LogP contribution in [0.2, 0.25) is 0 Å². The Kier molecular flexibility index (Phi) is 5.13. The number of hydrogen-bond donors (Lipinski definition) is 3. The smallest absolute Gasteiger partial charge is 0.414 e. The summed E-state index contributed by atoms with van der Waals surface area (Å²) >= 11 is 0. The number of carbonyl (C=O) groups is 2. The number of halogens is 1. The molecule has 0 saturated carbocycles. The molecule has 2 aromatic rings. The van der Waals surface area contributed by atoms with Gasteiger partial charge in [-0.3, -0.25) is 0 Å². The molecular formula is C16H16FNO5. The van der Waals surface area contributed by atoms with Gasteiger partial charge in [0.15, 0.2) is 0 Å². The summed E-state index contributed by atoms with van der Waals surface area (Å²) in [4.78, 5) is 18.2. The van der Waals surface area contributed by atoms with Crippen molar-refractivity contribution < 1.29 is 28.6 Å². The fraction of sp³-hybridized carbons (Fsp3) is 0.250. The molecule has 6 nitrogen and oxygen atoms in total. The van der Waals surface area contributed by atoms with Gasteiger partial charge in [0.2, 0.25) is 0 Å². The summed E-state index contributed by atoms with van der Waals surface area (Å²) in [6.45, 7) is 3.66. The van der Waals surface area contributed by atoms with Gasteiger partial charge in [0.05, 0.1) is 0 Å². The van der Waals surface area contributed by atoms with Gasteiger partial charge in [-0.15, -0.1) is 0 Å². The number of aliphatic carboxylic acids is 2. The van der Waals surface area contributed by atoms with Crippen LogP contribution in [-0.4, -0.2) is 35.2 Å². The predicted octanol–water partition coefficient (Wildman–Crippen LogP) is 2.41. The predicted molar refractivity (Wildman–Crippen MR) is 81.6 cm³/mol. The SMILES string of the molecule is Cc1cc2cc(F)cc(C3=CCNCC3)c2o1.O=C(O)C(=O)O. The minimum absolute atomic E-state index is 0.201.